The van der Waals surface area contributed by atoms with Crippen LogP contribution in [0.4, 0.5) is 17.5 Å². The number of hydrogen-bond acceptors (Lipinski definition) is 6. The molecule has 0 saturated carbocycles. The van der Waals surface area contributed by atoms with Gasteiger partial charge in [0, 0.05) is 17.8 Å². The van der Waals surface area contributed by atoms with Gasteiger partial charge in [-0.2, -0.15) is 4.98 Å². The number of hydrogen-bond donors (Lipinski definition) is 2. The molecule has 8 heteroatoms. The van der Waals surface area contributed by atoms with Gasteiger partial charge in [-0.3, -0.25) is 0 Å². The second-order valence-corrected chi connectivity index (χ2v) is 6.40. The molecule has 0 fully saturated rings. The van der Waals surface area contributed by atoms with Gasteiger partial charge in [-0.25, -0.2) is 4.98 Å². The summed E-state index contributed by atoms with van der Waals surface area (Å²) in [7, 11) is 0. The average Bonchev–Trinajstić information content (AvgIpc) is 3.10. The van der Waals surface area contributed by atoms with Gasteiger partial charge in [0.15, 0.2) is 11.5 Å². The summed E-state index contributed by atoms with van der Waals surface area (Å²) in [4.78, 5) is 8.67. The summed E-state index contributed by atoms with van der Waals surface area (Å²) >= 11 is 12.1. The molecule has 0 bridgehead atoms. The van der Waals surface area contributed by atoms with E-state index >= 15 is 0 Å². The molecule has 132 valence electrons. The molecule has 26 heavy (non-hydrogen) atoms. The second-order valence-electron chi connectivity index (χ2n) is 5.56. The Bertz CT molecular complexity index is 952. The number of halogens is 2. The van der Waals surface area contributed by atoms with E-state index in [4.69, 9.17) is 32.7 Å². The van der Waals surface area contributed by atoms with Crippen LogP contribution in [-0.4, -0.2) is 16.8 Å². The van der Waals surface area contributed by atoms with Crippen LogP contribution < -0.4 is 20.1 Å². The van der Waals surface area contributed by atoms with E-state index in [9.17, 15) is 0 Å². The van der Waals surface area contributed by atoms with Crippen molar-refractivity contribution >= 4 is 40.7 Å². The molecule has 0 radical (unpaired) electrons. The van der Waals surface area contributed by atoms with E-state index in [2.05, 4.69) is 20.6 Å². The van der Waals surface area contributed by atoms with E-state index < -0.39 is 0 Å². The van der Waals surface area contributed by atoms with Gasteiger partial charge in [0.25, 0.3) is 0 Å². The molecule has 1 aromatic heterocycles. The summed E-state index contributed by atoms with van der Waals surface area (Å²) in [5.74, 6) is 2.63. The van der Waals surface area contributed by atoms with Gasteiger partial charge < -0.3 is 20.1 Å². The zero-order chi connectivity index (χ0) is 17.9. The Morgan fingerprint density at radius 3 is 2.77 bits per heavy atom. The van der Waals surface area contributed by atoms with Crippen molar-refractivity contribution in [2.24, 2.45) is 0 Å². The van der Waals surface area contributed by atoms with Crippen molar-refractivity contribution < 1.29 is 9.47 Å². The number of benzene rings is 2. The smallest absolute Gasteiger partial charge is 0.231 e. The third-order valence-corrected chi connectivity index (χ3v) is 4.28. The molecule has 0 saturated heterocycles. The van der Waals surface area contributed by atoms with Crippen molar-refractivity contribution in [3.8, 4) is 11.5 Å². The Morgan fingerprint density at radius 2 is 1.88 bits per heavy atom. The number of rotatable bonds is 5. The minimum absolute atomic E-state index is 0.260. The highest BCUT2D eigenvalue weighted by atomic mass is 35.5. The van der Waals surface area contributed by atoms with Crippen molar-refractivity contribution in [3.05, 3.63) is 64.3 Å². The largest absolute Gasteiger partial charge is 0.454 e. The first kappa shape index (κ1) is 16.8. The third kappa shape index (κ3) is 3.76. The fourth-order valence-electron chi connectivity index (χ4n) is 2.47. The topological polar surface area (TPSA) is 68.3 Å². The van der Waals surface area contributed by atoms with Gasteiger partial charge in [-0.15, -0.1) is 0 Å². The molecule has 0 amide bonds. The highest BCUT2D eigenvalue weighted by Crippen LogP contribution is 2.32. The minimum Gasteiger partial charge on any atom is -0.454 e. The standard InChI is InChI=1S/C18H14Cl2N4O2/c19-12-2-3-14(13(20)8-12)23-17-5-6-21-18(24-17)22-9-11-1-4-15-16(7-11)26-10-25-15/h1-8H,9-10H2,(H2,21,22,23,24). The van der Waals surface area contributed by atoms with Gasteiger partial charge in [0.2, 0.25) is 12.7 Å². The van der Waals surface area contributed by atoms with Crippen LogP contribution in [-0.2, 0) is 6.54 Å². The molecular weight excluding hydrogens is 375 g/mol. The number of nitrogens with one attached hydrogen (secondary N) is 2. The highest BCUT2D eigenvalue weighted by Gasteiger charge is 2.13. The van der Waals surface area contributed by atoms with Gasteiger partial charge in [0.05, 0.1) is 10.7 Å². The Balaban J connectivity index is 1.44. The van der Waals surface area contributed by atoms with Crippen LogP contribution in [0.25, 0.3) is 0 Å². The molecule has 6 nitrogen and oxygen atoms in total. The van der Waals surface area contributed by atoms with Crippen LogP contribution in [0.1, 0.15) is 5.56 Å². The van der Waals surface area contributed by atoms with E-state index in [1.54, 1.807) is 30.5 Å². The summed E-state index contributed by atoms with van der Waals surface area (Å²) in [6, 6.07) is 12.8. The predicted molar refractivity (Wildman–Crippen MR) is 102 cm³/mol. The zero-order valence-corrected chi connectivity index (χ0v) is 15.0. The van der Waals surface area contributed by atoms with Crippen molar-refractivity contribution in [1.82, 2.24) is 9.97 Å². The van der Waals surface area contributed by atoms with Crippen LogP contribution >= 0.6 is 23.2 Å². The fraction of sp³-hybridized carbons (Fsp3) is 0.111. The maximum atomic E-state index is 6.18. The monoisotopic (exact) mass is 388 g/mol. The van der Waals surface area contributed by atoms with Crippen LogP contribution in [0, 0.1) is 0 Å². The quantitative estimate of drug-likeness (QED) is 0.649. The van der Waals surface area contributed by atoms with E-state index in [-0.39, 0.29) is 6.79 Å². The summed E-state index contributed by atoms with van der Waals surface area (Å²) in [6.07, 6.45) is 1.67. The van der Waals surface area contributed by atoms with Crippen molar-refractivity contribution in [2.75, 3.05) is 17.4 Å². The molecule has 0 atom stereocenters. The first-order valence-corrected chi connectivity index (χ1v) is 8.60. The molecule has 0 aliphatic carbocycles. The summed E-state index contributed by atoms with van der Waals surface area (Å²) < 4.78 is 10.7. The lowest BCUT2D eigenvalue weighted by Crippen LogP contribution is -2.05. The highest BCUT2D eigenvalue weighted by molar-refractivity contribution is 6.36. The fourth-order valence-corrected chi connectivity index (χ4v) is 2.93. The van der Waals surface area contributed by atoms with Crippen molar-refractivity contribution in [3.63, 3.8) is 0 Å². The van der Waals surface area contributed by atoms with E-state index in [0.29, 0.717) is 28.4 Å². The Morgan fingerprint density at radius 1 is 1.00 bits per heavy atom. The van der Waals surface area contributed by atoms with Crippen LogP contribution in [0.2, 0.25) is 10.0 Å². The summed E-state index contributed by atoms with van der Waals surface area (Å²) in [5, 5.41) is 7.44. The van der Waals surface area contributed by atoms with Gasteiger partial charge in [-0.1, -0.05) is 29.3 Å². The molecule has 4 rings (SSSR count). The van der Waals surface area contributed by atoms with E-state index in [0.717, 1.165) is 22.7 Å². The first-order chi connectivity index (χ1) is 12.7. The molecule has 1 aliphatic rings. The lowest BCUT2D eigenvalue weighted by atomic mass is 10.2. The van der Waals surface area contributed by atoms with Gasteiger partial charge in [0.1, 0.15) is 5.82 Å². The normalized spacial score (nSPS) is 12.1. The summed E-state index contributed by atoms with van der Waals surface area (Å²) in [5.41, 5.74) is 1.76. The second kappa shape index (κ2) is 7.27. The maximum Gasteiger partial charge on any atom is 0.231 e. The Kier molecular flexibility index (Phi) is 4.69. The molecule has 2 heterocycles. The van der Waals surface area contributed by atoms with Gasteiger partial charge >= 0.3 is 0 Å². The Hall–Kier alpha value is -2.70. The molecule has 2 aromatic carbocycles. The minimum atomic E-state index is 0.260. The molecule has 0 spiro atoms. The average molecular weight is 389 g/mol. The first-order valence-electron chi connectivity index (χ1n) is 7.85. The predicted octanol–water partition coefficient (Wildman–Crippen LogP) is 4.87. The van der Waals surface area contributed by atoms with Crippen LogP contribution in [0.5, 0.6) is 11.5 Å². The van der Waals surface area contributed by atoms with E-state index in [1.807, 2.05) is 18.2 Å². The molecule has 0 unspecified atom stereocenters. The van der Waals surface area contributed by atoms with Crippen LogP contribution in [0.15, 0.2) is 48.7 Å². The molecule has 2 N–H and O–H groups in total. The number of nitrogens with zero attached hydrogens (tertiary/aromatic N) is 2. The molecule has 1 aliphatic heterocycles. The third-order valence-electron chi connectivity index (χ3n) is 3.74. The lowest BCUT2D eigenvalue weighted by Gasteiger charge is -2.10. The van der Waals surface area contributed by atoms with Gasteiger partial charge in [-0.05, 0) is 42.0 Å². The lowest BCUT2D eigenvalue weighted by molar-refractivity contribution is 0.174. The van der Waals surface area contributed by atoms with E-state index in [1.165, 1.54) is 0 Å². The Labute approximate surface area is 160 Å². The number of fused-ring (bicyclic) bond motifs is 1. The summed E-state index contributed by atoms with van der Waals surface area (Å²) in [6.45, 7) is 0.818. The van der Waals surface area contributed by atoms with Crippen LogP contribution in [0.3, 0.4) is 0 Å². The van der Waals surface area contributed by atoms with Crippen molar-refractivity contribution in [2.45, 2.75) is 6.54 Å². The number of anilines is 3. The molecule has 3 aromatic rings. The maximum absolute atomic E-state index is 6.18. The van der Waals surface area contributed by atoms with Crippen molar-refractivity contribution in [1.29, 1.82) is 0 Å². The zero-order valence-electron chi connectivity index (χ0n) is 13.5. The SMILES string of the molecule is Clc1ccc(Nc2ccnc(NCc3ccc4c(c3)OCO4)n2)c(Cl)c1. The number of aromatic nitrogens is 2. The molecular formula is C18H14Cl2N4O2. The number of ether oxygens (including phenoxy) is 2.